The summed E-state index contributed by atoms with van der Waals surface area (Å²) in [4.78, 5) is 0. The fraction of sp³-hybridized carbons (Fsp3) is 1.00. The molecule has 0 aromatic carbocycles. The zero-order valence-electron chi connectivity index (χ0n) is 12.3. The molecule has 0 spiro atoms. The van der Waals surface area contributed by atoms with Gasteiger partial charge in [0.05, 0.1) is 23.9 Å². The summed E-state index contributed by atoms with van der Waals surface area (Å²) >= 11 is 0. The van der Waals surface area contributed by atoms with Crippen molar-refractivity contribution in [1.82, 2.24) is 0 Å². The van der Waals surface area contributed by atoms with E-state index >= 15 is 0 Å². The van der Waals surface area contributed by atoms with Gasteiger partial charge in [0, 0.05) is 18.4 Å². The molecule has 102 valence electrons. The Labute approximate surface area is 105 Å². The standard InChI is InChI=1S/C14H28O3/c1-8-12(4)11(3)17-13(5,9-16-7)10(2)14(12,6)15/h10-11,15H,8-9H2,1-7H3. The highest BCUT2D eigenvalue weighted by Gasteiger charge is 2.60. The zero-order valence-corrected chi connectivity index (χ0v) is 12.3. The summed E-state index contributed by atoms with van der Waals surface area (Å²) in [5.41, 5.74) is -1.40. The van der Waals surface area contributed by atoms with Crippen LogP contribution in [0.1, 0.15) is 48.0 Å². The maximum atomic E-state index is 11.0. The molecule has 17 heavy (non-hydrogen) atoms. The Bertz CT molecular complexity index is 277. The van der Waals surface area contributed by atoms with Crippen LogP contribution in [0.3, 0.4) is 0 Å². The van der Waals surface area contributed by atoms with Crippen molar-refractivity contribution in [2.24, 2.45) is 11.3 Å². The molecule has 0 saturated carbocycles. The van der Waals surface area contributed by atoms with E-state index < -0.39 is 11.2 Å². The molecule has 1 aliphatic rings. The number of methoxy groups -OCH3 is 1. The lowest BCUT2D eigenvalue weighted by Gasteiger charge is -2.60. The fourth-order valence-corrected chi connectivity index (χ4v) is 3.23. The monoisotopic (exact) mass is 244 g/mol. The molecule has 5 atom stereocenters. The third-order valence-electron chi connectivity index (χ3n) is 5.42. The van der Waals surface area contributed by atoms with Crippen molar-refractivity contribution < 1.29 is 14.6 Å². The van der Waals surface area contributed by atoms with Gasteiger partial charge in [0.15, 0.2) is 0 Å². The summed E-state index contributed by atoms with van der Waals surface area (Å²) in [6, 6.07) is 0. The normalized spacial score (nSPS) is 51.5. The van der Waals surface area contributed by atoms with Crippen LogP contribution < -0.4 is 0 Å². The van der Waals surface area contributed by atoms with E-state index in [1.54, 1.807) is 7.11 Å². The number of hydrogen-bond acceptors (Lipinski definition) is 3. The molecule has 0 aromatic heterocycles. The summed E-state index contributed by atoms with van der Waals surface area (Å²) in [5, 5.41) is 11.0. The second-order valence-corrected chi connectivity index (χ2v) is 6.15. The van der Waals surface area contributed by atoms with Crippen molar-refractivity contribution in [2.75, 3.05) is 13.7 Å². The minimum Gasteiger partial charge on any atom is -0.389 e. The van der Waals surface area contributed by atoms with E-state index in [1.165, 1.54) is 0 Å². The largest absolute Gasteiger partial charge is 0.389 e. The molecule has 1 rings (SSSR count). The summed E-state index contributed by atoms with van der Waals surface area (Å²) in [7, 11) is 1.67. The third kappa shape index (κ3) is 2.02. The van der Waals surface area contributed by atoms with Crippen LogP contribution in [0.5, 0.6) is 0 Å². The molecule has 0 aromatic rings. The first kappa shape index (κ1) is 14.9. The van der Waals surface area contributed by atoms with Crippen LogP contribution in [0, 0.1) is 11.3 Å². The van der Waals surface area contributed by atoms with Crippen molar-refractivity contribution in [1.29, 1.82) is 0 Å². The number of hydrogen-bond donors (Lipinski definition) is 1. The molecule has 0 aliphatic carbocycles. The van der Waals surface area contributed by atoms with E-state index in [-0.39, 0.29) is 17.4 Å². The van der Waals surface area contributed by atoms with Gasteiger partial charge in [-0.1, -0.05) is 20.8 Å². The predicted molar refractivity (Wildman–Crippen MR) is 69.0 cm³/mol. The summed E-state index contributed by atoms with van der Waals surface area (Å²) in [5.74, 6) is 0.0242. The van der Waals surface area contributed by atoms with E-state index in [0.29, 0.717) is 6.61 Å². The van der Waals surface area contributed by atoms with Crippen molar-refractivity contribution in [3.05, 3.63) is 0 Å². The van der Waals surface area contributed by atoms with E-state index in [2.05, 4.69) is 27.7 Å². The van der Waals surface area contributed by atoms with Crippen molar-refractivity contribution >= 4 is 0 Å². The number of ether oxygens (including phenoxy) is 2. The van der Waals surface area contributed by atoms with Crippen molar-refractivity contribution in [2.45, 2.75) is 65.3 Å². The minimum atomic E-state index is -0.757. The first-order chi connectivity index (χ1) is 7.65. The number of rotatable bonds is 3. The minimum absolute atomic E-state index is 0.0128. The van der Waals surface area contributed by atoms with Gasteiger partial charge in [-0.2, -0.15) is 0 Å². The molecule has 1 saturated heterocycles. The maximum absolute atomic E-state index is 11.0. The SMILES string of the molecule is CCC1(C)C(C)OC(C)(COC)C(C)C1(C)O. The van der Waals surface area contributed by atoms with Crippen LogP contribution in [-0.4, -0.2) is 36.1 Å². The summed E-state index contributed by atoms with van der Waals surface area (Å²) < 4.78 is 11.4. The Morgan fingerprint density at radius 2 is 1.76 bits per heavy atom. The van der Waals surface area contributed by atoms with Crippen LogP contribution in [0.4, 0.5) is 0 Å². The molecule has 3 heteroatoms. The molecule has 1 aliphatic heterocycles. The van der Waals surface area contributed by atoms with Gasteiger partial charge in [-0.15, -0.1) is 0 Å². The van der Waals surface area contributed by atoms with Gasteiger partial charge >= 0.3 is 0 Å². The average molecular weight is 244 g/mol. The molecule has 0 bridgehead atoms. The van der Waals surface area contributed by atoms with E-state index in [9.17, 15) is 5.11 Å². The van der Waals surface area contributed by atoms with Gasteiger partial charge < -0.3 is 14.6 Å². The van der Waals surface area contributed by atoms with Gasteiger partial charge in [-0.25, -0.2) is 0 Å². The van der Waals surface area contributed by atoms with Crippen LogP contribution in [-0.2, 0) is 9.47 Å². The predicted octanol–water partition coefficient (Wildman–Crippen LogP) is 2.61. The van der Waals surface area contributed by atoms with Gasteiger partial charge in [0.2, 0.25) is 0 Å². The molecular formula is C14H28O3. The Morgan fingerprint density at radius 3 is 2.18 bits per heavy atom. The third-order valence-corrected chi connectivity index (χ3v) is 5.42. The van der Waals surface area contributed by atoms with E-state index in [0.717, 1.165) is 6.42 Å². The Hall–Kier alpha value is -0.120. The van der Waals surface area contributed by atoms with Gasteiger partial charge in [-0.3, -0.25) is 0 Å². The van der Waals surface area contributed by atoms with E-state index in [1.807, 2.05) is 13.8 Å². The van der Waals surface area contributed by atoms with Crippen molar-refractivity contribution in [3.63, 3.8) is 0 Å². The van der Waals surface area contributed by atoms with Crippen LogP contribution in [0.25, 0.3) is 0 Å². The second kappa shape index (κ2) is 4.52. The van der Waals surface area contributed by atoms with Gasteiger partial charge in [-0.05, 0) is 27.2 Å². The molecule has 1 N–H and O–H groups in total. The van der Waals surface area contributed by atoms with Crippen molar-refractivity contribution in [3.8, 4) is 0 Å². The lowest BCUT2D eigenvalue weighted by Crippen LogP contribution is -2.67. The summed E-state index contributed by atoms with van der Waals surface area (Å²) in [6.45, 7) is 12.8. The molecule has 1 heterocycles. The molecule has 5 unspecified atom stereocenters. The van der Waals surface area contributed by atoms with Crippen LogP contribution >= 0.6 is 0 Å². The topological polar surface area (TPSA) is 38.7 Å². The Kier molecular flexibility index (Phi) is 3.98. The number of aliphatic hydroxyl groups is 1. The van der Waals surface area contributed by atoms with E-state index in [4.69, 9.17) is 9.47 Å². The first-order valence-corrected chi connectivity index (χ1v) is 6.55. The molecular weight excluding hydrogens is 216 g/mol. The first-order valence-electron chi connectivity index (χ1n) is 6.55. The molecule has 3 nitrogen and oxygen atoms in total. The van der Waals surface area contributed by atoms with Crippen LogP contribution in [0.15, 0.2) is 0 Å². The fourth-order valence-electron chi connectivity index (χ4n) is 3.23. The molecule has 0 radical (unpaired) electrons. The average Bonchev–Trinajstić information content (AvgIpc) is 2.25. The highest BCUT2D eigenvalue weighted by molar-refractivity contribution is 5.08. The smallest absolute Gasteiger partial charge is 0.0943 e. The second-order valence-electron chi connectivity index (χ2n) is 6.15. The molecule has 1 fully saturated rings. The highest BCUT2D eigenvalue weighted by Crippen LogP contribution is 2.52. The van der Waals surface area contributed by atoms with Crippen LogP contribution in [0.2, 0.25) is 0 Å². The quantitative estimate of drug-likeness (QED) is 0.829. The lowest BCUT2D eigenvalue weighted by atomic mass is 9.58. The summed E-state index contributed by atoms with van der Waals surface area (Å²) in [6.07, 6.45) is 0.910. The molecule has 0 amide bonds. The maximum Gasteiger partial charge on any atom is 0.0943 e. The Balaban J connectivity index is 3.13. The van der Waals surface area contributed by atoms with Gasteiger partial charge in [0.25, 0.3) is 0 Å². The Morgan fingerprint density at radius 1 is 1.24 bits per heavy atom. The van der Waals surface area contributed by atoms with Gasteiger partial charge in [0.1, 0.15) is 0 Å². The highest BCUT2D eigenvalue weighted by atomic mass is 16.6. The lowest BCUT2D eigenvalue weighted by molar-refractivity contribution is -0.296. The zero-order chi connectivity index (χ0) is 13.5.